The maximum absolute atomic E-state index is 12.5. The fourth-order valence-corrected chi connectivity index (χ4v) is 4.76. The molecule has 0 aliphatic carbocycles. The van der Waals surface area contributed by atoms with Crippen LogP contribution in [0, 0.1) is 12.8 Å². The van der Waals surface area contributed by atoms with Crippen LogP contribution in [-0.4, -0.2) is 39.0 Å². The SMILES string of the molecule is Cc1ccccc1S(=O)(=O)NC1CN2CCC1CC2. The second kappa shape index (κ2) is 4.89. The van der Waals surface area contributed by atoms with Crippen LogP contribution in [0.3, 0.4) is 0 Å². The van der Waals surface area contributed by atoms with Crippen LogP contribution in [0.25, 0.3) is 0 Å². The average Bonchev–Trinajstić information content (AvgIpc) is 2.40. The molecule has 1 aromatic carbocycles. The van der Waals surface area contributed by atoms with E-state index >= 15 is 0 Å². The fraction of sp³-hybridized carbons (Fsp3) is 0.571. The van der Waals surface area contributed by atoms with Crippen LogP contribution in [0.1, 0.15) is 18.4 Å². The molecule has 104 valence electrons. The molecule has 0 spiro atoms. The van der Waals surface area contributed by atoms with Gasteiger partial charge in [0.2, 0.25) is 10.0 Å². The van der Waals surface area contributed by atoms with Gasteiger partial charge in [-0.3, -0.25) is 0 Å². The maximum atomic E-state index is 12.5. The Morgan fingerprint density at radius 1 is 1.21 bits per heavy atom. The first-order chi connectivity index (χ1) is 9.06. The normalized spacial score (nSPS) is 30.5. The molecule has 4 nitrogen and oxygen atoms in total. The number of hydrogen-bond donors (Lipinski definition) is 1. The van der Waals surface area contributed by atoms with Crippen LogP contribution in [-0.2, 0) is 10.0 Å². The molecule has 0 aromatic heterocycles. The molecule has 0 amide bonds. The second-order valence-corrected chi connectivity index (χ2v) is 7.31. The smallest absolute Gasteiger partial charge is 0.241 e. The summed E-state index contributed by atoms with van der Waals surface area (Å²) in [6.45, 7) is 4.93. The van der Waals surface area contributed by atoms with Crippen molar-refractivity contribution in [2.75, 3.05) is 19.6 Å². The minimum atomic E-state index is -3.39. The summed E-state index contributed by atoms with van der Waals surface area (Å²) in [5.41, 5.74) is 0.802. The molecule has 1 aromatic rings. The van der Waals surface area contributed by atoms with Crippen molar-refractivity contribution in [2.45, 2.75) is 30.7 Å². The molecule has 3 saturated heterocycles. The van der Waals surface area contributed by atoms with Crippen LogP contribution in [0.5, 0.6) is 0 Å². The summed E-state index contributed by atoms with van der Waals surface area (Å²) in [5, 5.41) is 0. The number of piperidine rings is 3. The molecule has 0 saturated carbocycles. The molecule has 3 aliphatic heterocycles. The predicted octanol–water partition coefficient (Wildman–Crippen LogP) is 1.37. The molecule has 19 heavy (non-hydrogen) atoms. The Morgan fingerprint density at radius 2 is 1.89 bits per heavy atom. The van der Waals surface area contributed by atoms with Crippen molar-refractivity contribution in [2.24, 2.45) is 5.92 Å². The molecule has 4 rings (SSSR count). The van der Waals surface area contributed by atoms with Crippen LogP contribution < -0.4 is 4.72 Å². The fourth-order valence-electron chi connectivity index (χ4n) is 3.22. The topological polar surface area (TPSA) is 49.4 Å². The first kappa shape index (κ1) is 13.1. The molecule has 5 heteroatoms. The van der Waals surface area contributed by atoms with Crippen LogP contribution in [0.4, 0.5) is 0 Å². The van der Waals surface area contributed by atoms with Crippen molar-refractivity contribution in [3.8, 4) is 0 Å². The lowest BCUT2D eigenvalue weighted by atomic mass is 9.85. The Hall–Kier alpha value is -0.910. The van der Waals surface area contributed by atoms with E-state index in [1.807, 2.05) is 19.1 Å². The lowest BCUT2D eigenvalue weighted by Crippen LogP contribution is -2.57. The molecule has 3 aliphatic rings. The van der Waals surface area contributed by atoms with Gasteiger partial charge < -0.3 is 4.90 Å². The van der Waals surface area contributed by atoms with Gasteiger partial charge in [0.25, 0.3) is 0 Å². The maximum Gasteiger partial charge on any atom is 0.241 e. The third kappa shape index (κ3) is 2.55. The van der Waals surface area contributed by atoms with Crippen LogP contribution in [0.2, 0.25) is 0 Å². The number of sulfonamides is 1. The quantitative estimate of drug-likeness (QED) is 0.909. The first-order valence-corrected chi connectivity index (χ1v) is 8.35. The molecular weight excluding hydrogens is 260 g/mol. The number of fused-ring (bicyclic) bond motifs is 3. The van der Waals surface area contributed by atoms with Gasteiger partial charge in [-0.15, -0.1) is 0 Å². The molecule has 1 atom stereocenters. The van der Waals surface area contributed by atoms with Gasteiger partial charge in [-0.25, -0.2) is 13.1 Å². The number of rotatable bonds is 3. The Labute approximate surface area is 114 Å². The highest BCUT2D eigenvalue weighted by Gasteiger charge is 2.36. The van der Waals surface area contributed by atoms with E-state index in [2.05, 4.69) is 9.62 Å². The highest BCUT2D eigenvalue weighted by Crippen LogP contribution is 2.28. The van der Waals surface area contributed by atoms with E-state index in [1.54, 1.807) is 12.1 Å². The van der Waals surface area contributed by atoms with Gasteiger partial charge in [0.15, 0.2) is 0 Å². The van der Waals surface area contributed by atoms with Crippen molar-refractivity contribution in [3.05, 3.63) is 29.8 Å². The van der Waals surface area contributed by atoms with E-state index in [1.165, 1.54) is 0 Å². The molecule has 1 N–H and O–H groups in total. The zero-order valence-electron chi connectivity index (χ0n) is 11.2. The van der Waals surface area contributed by atoms with E-state index in [4.69, 9.17) is 0 Å². The summed E-state index contributed by atoms with van der Waals surface area (Å²) in [6.07, 6.45) is 2.22. The third-order valence-electron chi connectivity index (χ3n) is 4.35. The Bertz CT molecular complexity index is 563. The summed E-state index contributed by atoms with van der Waals surface area (Å²) in [4.78, 5) is 2.76. The van der Waals surface area contributed by atoms with Gasteiger partial charge in [-0.05, 0) is 50.4 Å². The van der Waals surface area contributed by atoms with Crippen molar-refractivity contribution >= 4 is 10.0 Å². The van der Waals surface area contributed by atoms with E-state index in [0.29, 0.717) is 10.8 Å². The minimum absolute atomic E-state index is 0.0760. The van der Waals surface area contributed by atoms with Gasteiger partial charge in [0.1, 0.15) is 0 Å². The highest BCUT2D eigenvalue weighted by atomic mass is 32.2. The first-order valence-electron chi connectivity index (χ1n) is 6.86. The Balaban J connectivity index is 1.81. The Kier molecular flexibility index (Phi) is 3.37. The molecule has 2 bridgehead atoms. The third-order valence-corrected chi connectivity index (χ3v) is 6.00. The zero-order valence-corrected chi connectivity index (χ0v) is 12.0. The summed E-state index contributed by atoms with van der Waals surface area (Å²) in [7, 11) is -3.39. The lowest BCUT2D eigenvalue weighted by Gasteiger charge is -2.44. The number of aryl methyl sites for hydroxylation is 1. The van der Waals surface area contributed by atoms with Crippen molar-refractivity contribution in [1.29, 1.82) is 0 Å². The monoisotopic (exact) mass is 280 g/mol. The van der Waals surface area contributed by atoms with Crippen LogP contribution >= 0.6 is 0 Å². The van der Waals surface area contributed by atoms with Crippen molar-refractivity contribution in [1.82, 2.24) is 9.62 Å². The van der Waals surface area contributed by atoms with Gasteiger partial charge in [0, 0.05) is 12.6 Å². The molecule has 3 heterocycles. The van der Waals surface area contributed by atoms with Crippen molar-refractivity contribution in [3.63, 3.8) is 0 Å². The molecule has 1 unspecified atom stereocenters. The van der Waals surface area contributed by atoms with E-state index in [-0.39, 0.29) is 6.04 Å². The second-order valence-electron chi connectivity index (χ2n) is 5.63. The summed E-state index contributed by atoms with van der Waals surface area (Å²) < 4.78 is 27.9. The van der Waals surface area contributed by atoms with Gasteiger partial charge in [-0.2, -0.15) is 0 Å². The Morgan fingerprint density at radius 3 is 2.47 bits per heavy atom. The highest BCUT2D eigenvalue weighted by molar-refractivity contribution is 7.89. The van der Waals surface area contributed by atoms with E-state index in [9.17, 15) is 8.42 Å². The minimum Gasteiger partial charge on any atom is -0.302 e. The van der Waals surface area contributed by atoms with Gasteiger partial charge >= 0.3 is 0 Å². The molecule has 3 fully saturated rings. The number of nitrogens with one attached hydrogen (secondary N) is 1. The predicted molar refractivity (Wildman–Crippen MR) is 74.5 cm³/mol. The zero-order chi connectivity index (χ0) is 13.5. The van der Waals surface area contributed by atoms with Crippen molar-refractivity contribution < 1.29 is 8.42 Å². The summed E-state index contributed by atoms with van der Waals surface area (Å²) >= 11 is 0. The van der Waals surface area contributed by atoms with E-state index < -0.39 is 10.0 Å². The number of benzene rings is 1. The van der Waals surface area contributed by atoms with Gasteiger partial charge in [-0.1, -0.05) is 18.2 Å². The average molecular weight is 280 g/mol. The van der Waals surface area contributed by atoms with E-state index in [0.717, 1.165) is 38.0 Å². The van der Waals surface area contributed by atoms with Crippen LogP contribution in [0.15, 0.2) is 29.2 Å². The number of nitrogens with zero attached hydrogens (tertiary/aromatic N) is 1. The largest absolute Gasteiger partial charge is 0.302 e. The summed E-state index contributed by atoms with van der Waals surface area (Å²) in [6, 6.07) is 7.23. The molecule has 0 radical (unpaired) electrons. The summed E-state index contributed by atoms with van der Waals surface area (Å²) in [5.74, 6) is 0.504. The number of hydrogen-bond acceptors (Lipinski definition) is 3. The molecular formula is C14H20N2O2S. The lowest BCUT2D eigenvalue weighted by molar-refractivity contribution is 0.0827. The van der Waals surface area contributed by atoms with Gasteiger partial charge in [0.05, 0.1) is 4.90 Å². The standard InChI is InChI=1S/C14H20N2O2S/c1-11-4-2-3-5-14(11)19(17,18)15-13-10-16-8-6-12(13)7-9-16/h2-5,12-13,15H,6-10H2,1H3.